The highest BCUT2D eigenvalue weighted by Crippen LogP contribution is 2.25. The lowest BCUT2D eigenvalue weighted by Crippen LogP contribution is -2.15. The van der Waals surface area contributed by atoms with Crippen LogP contribution in [0.2, 0.25) is 0 Å². The molecule has 2 heterocycles. The van der Waals surface area contributed by atoms with Crippen LogP contribution in [0.15, 0.2) is 12.1 Å². The van der Waals surface area contributed by atoms with E-state index in [4.69, 9.17) is 0 Å². The van der Waals surface area contributed by atoms with E-state index in [1.54, 1.807) is 6.92 Å². The molecule has 19 heavy (non-hydrogen) atoms. The second-order valence-electron chi connectivity index (χ2n) is 4.20. The van der Waals surface area contributed by atoms with Gasteiger partial charge in [0.1, 0.15) is 5.69 Å². The van der Waals surface area contributed by atoms with Crippen LogP contribution < -0.4 is 5.32 Å². The van der Waals surface area contributed by atoms with Crippen molar-refractivity contribution in [3.8, 4) is 5.69 Å². The minimum Gasteiger partial charge on any atom is -0.346 e. The Kier molecular flexibility index (Phi) is 2.38. The third-order valence-electron chi connectivity index (χ3n) is 3.04. The van der Waals surface area contributed by atoms with Crippen molar-refractivity contribution in [3.05, 3.63) is 46.5 Å². The smallest absolute Gasteiger partial charge is 0.255 e. The fraction of sp³-hybridized carbons (Fsp3) is 0.167. The van der Waals surface area contributed by atoms with Gasteiger partial charge in [-0.3, -0.25) is 4.79 Å². The number of benzene rings is 1. The van der Waals surface area contributed by atoms with E-state index in [0.29, 0.717) is 17.0 Å². The van der Waals surface area contributed by atoms with Crippen molar-refractivity contribution in [2.75, 3.05) is 0 Å². The molecule has 1 aromatic carbocycles. The minimum atomic E-state index is -1.56. The highest BCUT2D eigenvalue weighted by atomic mass is 19.2. The summed E-state index contributed by atoms with van der Waals surface area (Å²) in [6.45, 7) is 1.77. The minimum absolute atomic E-state index is 0.174. The van der Waals surface area contributed by atoms with E-state index >= 15 is 0 Å². The SMILES string of the molecule is Cc1nn(-c2ccc(F)c(F)c2F)c2c1C(=O)NC2. The van der Waals surface area contributed by atoms with Crippen LogP contribution in [0.5, 0.6) is 0 Å². The van der Waals surface area contributed by atoms with E-state index < -0.39 is 17.5 Å². The van der Waals surface area contributed by atoms with Crippen molar-refractivity contribution in [2.45, 2.75) is 13.5 Å². The Bertz CT molecular complexity index is 709. The van der Waals surface area contributed by atoms with Gasteiger partial charge in [0.2, 0.25) is 0 Å². The van der Waals surface area contributed by atoms with Gasteiger partial charge in [-0.1, -0.05) is 0 Å². The highest BCUT2D eigenvalue weighted by molar-refractivity contribution is 5.99. The lowest BCUT2D eigenvalue weighted by Gasteiger charge is -2.07. The largest absolute Gasteiger partial charge is 0.346 e. The number of hydrogen-bond acceptors (Lipinski definition) is 2. The number of nitrogens with one attached hydrogen (secondary N) is 1. The van der Waals surface area contributed by atoms with Gasteiger partial charge in [0.05, 0.1) is 23.5 Å². The Labute approximate surface area is 105 Å². The summed E-state index contributed by atoms with van der Waals surface area (Å²) >= 11 is 0. The Morgan fingerprint density at radius 1 is 1.26 bits per heavy atom. The molecule has 4 nitrogen and oxygen atoms in total. The summed E-state index contributed by atoms with van der Waals surface area (Å²) in [7, 11) is 0. The molecule has 3 rings (SSSR count). The molecule has 0 spiro atoms. The standard InChI is InChI=1S/C12H8F3N3O/c1-5-9-8(4-16-12(9)19)18(17-5)7-3-2-6(13)10(14)11(7)15/h2-3H,4H2,1H3,(H,16,19). The summed E-state index contributed by atoms with van der Waals surface area (Å²) in [5, 5.41) is 6.58. The van der Waals surface area contributed by atoms with Gasteiger partial charge in [0, 0.05) is 0 Å². The van der Waals surface area contributed by atoms with Crippen LogP contribution in [-0.2, 0) is 6.54 Å². The summed E-state index contributed by atoms with van der Waals surface area (Å²) in [4.78, 5) is 11.5. The van der Waals surface area contributed by atoms with Gasteiger partial charge in [-0.25, -0.2) is 17.9 Å². The van der Waals surface area contributed by atoms with Gasteiger partial charge in [-0.05, 0) is 19.1 Å². The van der Waals surface area contributed by atoms with Gasteiger partial charge >= 0.3 is 0 Å². The van der Waals surface area contributed by atoms with Crippen molar-refractivity contribution >= 4 is 5.91 Å². The lowest BCUT2D eigenvalue weighted by atomic mass is 10.2. The Balaban J connectivity index is 2.25. The Morgan fingerprint density at radius 3 is 2.74 bits per heavy atom. The molecule has 0 saturated carbocycles. The molecule has 7 heteroatoms. The highest BCUT2D eigenvalue weighted by Gasteiger charge is 2.29. The van der Waals surface area contributed by atoms with E-state index in [1.165, 1.54) is 0 Å². The monoisotopic (exact) mass is 267 g/mol. The molecule has 0 aliphatic carbocycles. The van der Waals surface area contributed by atoms with Crippen LogP contribution in [0.4, 0.5) is 13.2 Å². The number of fused-ring (bicyclic) bond motifs is 1. The quantitative estimate of drug-likeness (QED) is 0.801. The maximum Gasteiger partial charge on any atom is 0.255 e. The third-order valence-corrected chi connectivity index (χ3v) is 3.04. The third kappa shape index (κ3) is 1.54. The van der Waals surface area contributed by atoms with E-state index in [2.05, 4.69) is 10.4 Å². The predicted octanol–water partition coefficient (Wildman–Crippen LogP) is 1.84. The van der Waals surface area contributed by atoms with Gasteiger partial charge in [-0.2, -0.15) is 5.10 Å². The number of carbonyl (C=O) groups excluding carboxylic acids is 1. The van der Waals surface area contributed by atoms with Crippen molar-refractivity contribution in [2.24, 2.45) is 0 Å². The predicted molar refractivity (Wildman–Crippen MR) is 59.3 cm³/mol. The first kappa shape index (κ1) is 11.8. The van der Waals surface area contributed by atoms with Crippen molar-refractivity contribution < 1.29 is 18.0 Å². The molecule has 0 atom stereocenters. The zero-order chi connectivity index (χ0) is 13.7. The van der Waals surface area contributed by atoms with Gasteiger partial charge in [0.15, 0.2) is 17.5 Å². The number of amides is 1. The van der Waals surface area contributed by atoms with Gasteiger partial charge in [-0.15, -0.1) is 0 Å². The molecule has 2 aromatic rings. The Hall–Kier alpha value is -2.31. The molecule has 1 N–H and O–H groups in total. The van der Waals surface area contributed by atoms with Crippen molar-refractivity contribution in [1.29, 1.82) is 0 Å². The fourth-order valence-electron chi connectivity index (χ4n) is 2.16. The van der Waals surface area contributed by atoms with Crippen molar-refractivity contribution in [3.63, 3.8) is 0 Å². The summed E-state index contributed by atoms with van der Waals surface area (Å²) in [5.74, 6) is -4.46. The molecule has 0 unspecified atom stereocenters. The molecule has 0 fully saturated rings. The van der Waals surface area contributed by atoms with Crippen LogP contribution in [0.1, 0.15) is 21.7 Å². The zero-order valence-corrected chi connectivity index (χ0v) is 9.80. The second-order valence-corrected chi connectivity index (χ2v) is 4.20. The average Bonchev–Trinajstić information content (AvgIpc) is 2.90. The van der Waals surface area contributed by atoms with E-state index in [0.717, 1.165) is 16.8 Å². The maximum atomic E-state index is 13.7. The first-order chi connectivity index (χ1) is 9.00. The summed E-state index contributed by atoms with van der Waals surface area (Å²) < 4.78 is 41.0. The second kappa shape index (κ2) is 3.84. The maximum absolute atomic E-state index is 13.7. The van der Waals surface area contributed by atoms with Gasteiger partial charge in [0.25, 0.3) is 5.91 Å². The topological polar surface area (TPSA) is 46.9 Å². The first-order valence-corrected chi connectivity index (χ1v) is 5.51. The van der Waals surface area contributed by atoms with E-state index in [-0.39, 0.29) is 18.1 Å². The number of carbonyl (C=O) groups is 1. The molecule has 1 aromatic heterocycles. The molecular formula is C12H8F3N3O. The fourth-order valence-corrected chi connectivity index (χ4v) is 2.16. The average molecular weight is 267 g/mol. The first-order valence-electron chi connectivity index (χ1n) is 5.51. The molecule has 0 saturated heterocycles. The molecule has 0 radical (unpaired) electrons. The summed E-state index contributed by atoms with van der Waals surface area (Å²) in [6, 6.07) is 1.91. The van der Waals surface area contributed by atoms with Crippen molar-refractivity contribution in [1.82, 2.24) is 15.1 Å². The summed E-state index contributed by atoms with van der Waals surface area (Å²) in [6.07, 6.45) is 0. The molecule has 1 aliphatic rings. The normalized spacial score (nSPS) is 13.6. The number of nitrogens with zero attached hydrogens (tertiary/aromatic N) is 2. The number of rotatable bonds is 1. The van der Waals surface area contributed by atoms with Crippen LogP contribution >= 0.6 is 0 Å². The number of aromatic nitrogens is 2. The molecule has 0 bridgehead atoms. The molecular weight excluding hydrogens is 259 g/mol. The van der Waals surface area contributed by atoms with Crippen LogP contribution in [0, 0.1) is 24.4 Å². The number of aryl methyl sites for hydroxylation is 1. The van der Waals surface area contributed by atoms with Crippen LogP contribution in [-0.4, -0.2) is 15.7 Å². The molecule has 1 aliphatic heterocycles. The van der Waals surface area contributed by atoms with Crippen LogP contribution in [0.3, 0.4) is 0 Å². The Morgan fingerprint density at radius 2 is 2.00 bits per heavy atom. The number of halogens is 3. The van der Waals surface area contributed by atoms with Crippen LogP contribution in [0.25, 0.3) is 5.69 Å². The zero-order valence-electron chi connectivity index (χ0n) is 9.80. The number of hydrogen-bond donors (Lipinski definition) is 1. The van der Waals surface area contributed by atoms with Gasteiger partial charge < -0.3 is 5.32 Å². The van der Waals surface area contributed by atoms with E-state index in [9.17, 15) is 18.0 Å². The lowest BCUT2D eigenvalue weighted by molar-refractivity contribution is 0.0965. The summed E-state index contributed by atoms with van der Waals surface area (Å²) in [5.41, 5.74) is 0.977. The molecule has 1 amide bonds. The molecule has 98 valence electrons. The van der Waals surface area contributed by atoms with E-state index in [1.807, 2.05) is 0 Å².